The van der Waals surface area contributed by atoms with Gasteiger partial charge in [0.25, 0.3) is 0 Å². The zero-order valence-corrected chi connectivity index (χ0v) is 15.5. The predicted octanol–water partition coefficient (Wildman–Crippen LogP) is 3.78. The van der Waals surface area contributed by atoms with E-state index in [1.54, 1.807) is 6.92 Å². The molecule has 140 valence electrons. The Morgan fingerprint density at radius 2 is 1.62 bits per heavy atom. The van der Waals surface area contributed by atoms with Gasteiger partial charge in [-0.2, -0.15) is 0 Å². The second-order valence-corrected chi connectivity index (χ2v) is 6.77. The first-order valence-electron chi connectivity index (χ1n) is 9.74. The third-order valence-electron chi connectivity index (χ3n) is 4.45. The van der Waals surface area contributed by atoms with E-state index in [1.165, 1.54) is 51.4 Å². The topological polar surface area (TPSA) is 58.9 Å². The Bertz CT molecular complexity index is 360. The van der Waals surface area contributed by atoms with Gasteiger partial charge in [0.05, 0.1) is 12.7 Å². The molecule has 0 aliphatic carbocycles. The van der Waals surface area contributed by atoms with Crippen molar-refractivity contribution in [1.82, 2.24) is 0 Å². The molecule has 2 N–H and O–H groups in total. The van der Waals surface area contributed by atoms with Crippen molar-refractivity contribution in [2.75, 3.05) is 6.61 Å². The molecule has 0 aromatic heterocycles. The quantitative estimate of drug-likeness (QED) is 0.444. The van der Waals surface area contributed by atoms with Crippen LogP contribution in [0, 0.1) is 11.8 Å². The Balaban J connectivity index is 2.00. The summed E-state index contributed by atoms with van der Waals surface area (Å²) in [5.41, 5.74) is 0. The Labute approximate surface area is 147 Å². The molecule has 0 aromatic rings. The summed E-state index contributed by atoms with van der Waals surface area (Å²) in [6, 6.07) is 0. The van der Waals surface area contributed by atoms with Crippen molar-refractivity contribution in [3.8, 4) is 11.8 Å². The van der Waals surface area contributed by atoms with Gasteiger partial charge in [0.15, 0.2) is 6.29 Å². The fourth-order valence-electron chi connectivity index (χ4n) is 2.93. The van der Waals surface area contributed by atoms with Crippen molar-refractivity contribution in [3.63, 3.8) is 0 Å². The summed E-state index contributed by atoms with van der Waals surface area (Å²) < 4.78 is 10.6. The van der Waals surface area contributed by atoms with Gasteiger partial charge < -0.3 is 19.7 Å². The van der Waals surface area contributed by atoms with Gasteiger partial charge in [0.1, 0.15) is 12.2 Å². The van der Waals surface area contributed by atoms with Crippen LogP contribution in [0.2, 0.25) is 0 Å². The van der Waals surface area contributed by atoms with Crippen LogP contribution in [-0.4, -0.2) is 41.4 Å². The van der Waals surface area contributed by atoms with Gasteiger partial charge in [-0.1, -0.05) is 58.3 Å². The van der Waals surface area contributed by atoms with E-state index < -0.39 is 18.3 Å². The summed E-state index contributed by atoms with van der Waals surface area (Å²) in [6.07, 6.45) is 10.5. The monoisotopic (exact) mass is 340 g/mol. The summed E-state index contributed by atoms with van der Waals surface area (Å²) in [6.45, 7) is 4.22. The van der Waals surface area contributed by atoms with Gasteiger partial charge in [0.2, 0.25) is 0 Å². The molecule has 0 bridgehead atoms. The summed E-state index contributed by atoms with van der Waals surface area (Å²) in [5.74, 6) is 6.13. The first kappa shape index (κ1) is 21.4. The van der Waals surface area contributed by atoms with Crippen LogP contribution in [0.15, 0.2) is 0 Å². The minimum atomic E-state index is -0.782. The summed E-state index contributed by atoms with van der Waals surface area (Å²) in [7, 11) is 0. The molecule has 0 aromatic carbocycles. The molecule has 0 amide bonds. The van der Waals surface area contributed by atoms with Crippen LogP contribution < -0.4 is 0 Å². The SMILES string of the molecule is CCCCCCCCCCCC#CC[C@@H](O)[C@H]1O[C@@H](C)OC[C@H]1O. The van der Waals surface area contributed by atoms with E-state index in [4.69, 9.17) is 9.47 Å². The van der Waals surface area contributed by atoms with Crippen molar-refractivity contribution < 1.29 is 19.7 Å². The smallest absolute Gasteiger partial charge is 0.155 e. The Morgan fingerprint density at radius 3 is 2.29 bits per heavy atom. The van der Waals surface area contributed by atoms with Crippen LogP contribution in [0.3, 0.4) is 0 Å². The molecular formula is C20H36O4. The number of unbranched alkanes of at least 4 members (excludes halogenated alkanes) is 9. The average molecular weight is 341 g/mol. The number of ether oxygens (including phenoxy) is 2. The van der Waals surface area contributed by atoms with Gasteiger partial charge in [-0.05, 0) is 13.3 Å². The zero-order chi connectivity index (χ0) is 17.6. The highest BCUT2D eigenvalue weighted by atomic mass is 16.7. The lowest BCUT2D eigenvalue weighted by Gasteiger charge is -2.34. The fourth-order valence-corrected chi connectivity index (χ4v) is 2.93. The van der Waals surface area contributed by atoms with Crippen LogP contribution in [0.25, 0.3) is 0 Å². The number of hydrogen-bond acceptors (Lipinski definition) is 4. The first-order chi connectivity index (χ1) is 11.6. The molecule has 0 saturated carbocycles. The molecule has 0 unspecified atom stereocenters. The van der Waals surface area contributed by atoms with E-state index >= 15 is 0 Å². The molecular weight excluding hydrogens is 304 g/mol. The van der Waals surface area contributed by atoms with Crippen molar-refractivity contribution in [2.45, 2.75) is 109 Å². The normalized spacial score (nSPS) is 25.1. The van der Waals surface area contributed by atoms with Crippen molar-refractivity contribution in [3.05, 3.63) is 0 Å². The van der Waals surface area contributed by atoms with Gasteiger partial charge >= 0.3 is 0 Å². The molecule has 4 nitrogen and oxygen atoms in total. The number of rotatable bonds is 11. The maximum absolute atomic E-state index is 10.1. The number of aliphatic hydroxyl groups is 2. The highest BCUT2D eigenvalue weighted by Crippen LogP contribution is 2.17. The Kier molecular flexibility index (Phi) is 12.2. The third-order valence-corrected chi connectivity index (χ3v) is 4.45. The van der Waals surface area contributed by atoms with Gasteiger partial charge in [-0.3, -0.25) is 0 Å². The summed E-state index contributed by atoms with van der Waals surface area (Å²) >= 11 is 0. The van der Waals surface area contributed by atoms with Gasteiger partial charge in [-0.25, -0.2) is 0 Å². The lowest BCUT2D eigenvalue weighted by atomic mass is 10.0. The van der Waals surface area contributed by atoms with Crippen LogP contribution >= 0.6 is 0 Å². The molecule has 4 heteroatoms. The summed E-state index contributed by atoms with van der Waals surface area (Å²) in [4.78, 5) is 0. The Hall–Kier alpha value is -0.600. The highest BCUT2D eigenvalue weighted by Gasteiger charge is 2.33. The molecule has 1 rings (SSSR count). The second kappa shape index (κ2) is 13.7. The molecule has 0 spiro atoms. The molecule has 1 fully saturated rings. The molecule has 1 aliphatic rings. The first-order valence-corrected chi connectivity index (χ1v) is 9.74. The van der Waals surface area contributed by atoms with E-state index in [-0.39, 0.29) is 12.9 Å². The minimum absolute atomic E-state index is 0.203. The van der Waals surface area contributed by atoms with Gasteiger partial charge in [-0.15, -0.1) is 11.8 Å². The van der Waals surface area contributed by atoms with Crippen molar-refractivity contribution in [2.24, 2.45) is 0 Å². The van der Waals surface area contributed by atoms with E-state index in [0.717, 1.165) is 12.8 Å². The lowest BCUT2D eigenvalue weighted by molar-refractivity contribution is -0.263. The number of hydrogen-bond donors (Lipinski definition) is 2. The van der Waals surface area contributed by atoms with Crippen LogP contribution in [-0.2, 0) is 9.47 Å². The van der Waals surface area contributed by atoms with Gasteiger partial charge in [0, 0.05) is 12.8 Å². The largest absolute Gasteiger partial charge is 0.389 e. The molecule has 4 atom stereocenters. The average Bonchev–Trinajstić information content (AvgIpc) is 2.57. The Morgan fingerprint density at radius 1 is 1.00 bits per heavy atom. The highest BCUT2D eigenvalue weighted by molar-refractivity contribution is 5.01. The molecule has 1 saturated heterocycles. The fraction of sp³-hybridized carbons (Fsp3) is 0.900. The van der Waals surface area contributed by atoms with E-state index in [0.29, 0.717) is 6.42 Å². The van der Waals surface area contributed by atoms with Crippen molar-refractivity contribution >= 4 is 0 Å². The second-order valence-electron chi connectivity index (χ2n) is 6.77. The predicted molar refractivity (Wildman–Crippen MR) is 96.5 cm³/mol. The third kappa shape index (κ3) is 9.64. The number of aliphatic hydroxyl groups excluding tert-OH is 2. The maximum atomic E-state index is 10.1. The van der Waals surface area contributed by atoms with E-state index in [9.17, 15) is 10.2 Å². The maximum Gasteiger partial charge on any atom is 0.155 e. The van der Waals surface area contributed by atoms with Crippen LogP contribution in [0.4, 0.5) is 0 Å². The van der Waals surface area contributed by atoms with E-state index in [2.05, 4.69) is 18.8 Å². The van der Waals surface area contributed by atoms with Crippen LogP contribution in [0.1, 0.15) is 84.5 Å². The summed E-state index contributed by atoms with van der Waals surface area (Å²) in [5, 5.41) is 19.9. The van der Waals surface area contributed by atoms with Crippen LogP contribution in [0.5, 0.6) is 0 Å². The molecule has 24 heavy (non-hydrogen) atoms. The van der Waals surface area contributed by atoms with E-state index in [1.807, 2.05) is 0 Å². The molecule has 0 radical (unpaired) electrons. The zero-order valence-electron chi connectivity index (χ0n) is 15.5. The standard InChI is InChI=1S/C20H36O4/c1-3-4-5-6-7-8-9-10-11-12-13-14-15-18(21)20-19(22)16-23-17(2)24-20/h17-22H,3-12,15-16H2,1-2H3/t17-,18+,19+,20+/m0/s1. The molecule has 1 heterocycles. The molecule has 1 aliphatic heterocycles. The minimum Gasteiger partial charge on any atom is -0.389 e. The van der Waals surface area contributed by atoms with Crippen molar-refractivity contribution in [1.29, 1.82) is 0 Å². The lowest BCUT2D eigenvalue weighted by Crippen LogP contribution is -2.48.